The van der Waals surface area contributed by atoms with E-state index in [0.29, 0.717) is 24.6 Å². The van der Waals surface area contributed by atoms with Crippen molar-refractivity contribution in [3.05, 3.63) is 34.9 Å². The molecular weight excluding hydrogens is 252 g/mol. The Hall–Kier alpha value is -1.39. The van der Waals surface area contributed by atoms with Crippen molar-refractivity contribution in [2.75, 3.05) is 6.54 Å². The maximum Gasteiger partial charge on any atom is 0.248 e. The molecule has 0 bridgehead atoms. The number of benzene rings is 1. The fourth-order valence-corrected chi connectivity index (χ4v) is 2.47. The van der Waals surface area contributed by atoms with Crippen molar-refractivity contribution in [3.63, 3.8) is 0 Å². The molecule has 1 aromatic carbocycles. The lowest BCUT2D eigenvalue weighted by atomic mass is 9.94. The first-order valence-corrected chi connectivity index (χ1v) is 7.04. The van der Waals surface area contributed by atoms with Gasteiger partial charge in [0.25, 0.3) is 0 Å². The lowest BCUT2D eigenvalue weighted by Gasteiger charge is -2.26. The monoisotopic (exact) mass is 278 g/mol. The van der Waals surface area contributed by atoms with E-state index in [-0.39, 0.29) is 0 Å². The van der Waals surface area contributed by atoms with Gasteiger partial charge >= 0.3 is 0 Å². The van der Waals surface area contributed by atoms with Crippen LogP contribution in [0.5, 0.6) is 0 Å². The molecule has 1 unspecified atom stereocenters. The number of primary amides is 1. The second kappa shape index (κ2) is 6.86. The van der Waals surface area contributed by atoms with Crippen molar-refractivity contribution in [1.29, 1.82) is 0 Å². The number of amides is 1. The van der Waals surface area contributed by atoms with E-state index < -0.39 is 11.5 Å². The van der Waals surface area contributed by atoms with E-state index >= 15 is 0 Å². The van der Waals surface area contributed by atoms with Crippen molar-refractivity contribution >= 4 is 5.91 Å². The third-order valence-electron chi connectivity index (χ3n) is 3.30. The molecule has 0 radical (unpaired) electrons. The molecule has 1 atom stereocenters. The smallest absolute Gasteiger partial charge is 0.248 e. The van der Waals surface area contributed by atoms with Crippen LogP contribution in [0.4, 0.5) is 0 Å². The fourth-order valence-electron chi connectivity index (χ4n) is 2.47. The highest BCUT2D eigenvalue weighted by Crippen LogP contribution is 2.16. The van der Waals surface area contributed by atoms with Gasteiger partial charge in [0, 0.05) is 18.7 Å². The van der Waals surface area contributed by atoms with Crippen molar-refractivity contribution in [2.24, 2.45) is 11.7 Å². The standard InChI is InChI=1S/C16H26N2O2/c1-11(2)8-16(4,20)10-18-9-14-6-5-13(15(17)19)7-12(14)3/h5-7,11,18,20H,8-10H2,1-4H3,(H2,17,19). The summed E-state index contributed by atoms with van der Waals surface area (Å²) in [6.45, 7) is 9.21. The lowest BCUT2D eigenvalue weighted by Crippen LogP contribution is -2.38. The fraction of sp³-hybridized carbons (Fsp3) is 0.562. The van der Waals surface area contributed by atoms with Crippen molar-refractivity contribution in [3.8, 4) is 0 Å². The molecule has 0 spiro atoms. The van der Waals surface area contributed by atoms with Gasteiger partial charge < -0.3 is 16.2 Å². The quantitative estimate of drug-likeness (QED) is 0.714. The summed E-state index contributed by atoms with van der Waals surface area (Å²) >= 11 is 0. The third-order valence-corrected chi connectivity index (χ3v) is 3.30. The molecule has 1 amide bonds. The molecule has 0 aromatic heterocycles. The molecule has 20 heavy (non-hydrogen) atoms. The van der Waals surface area contributed by atoms with E-state index in [1.165, 1.54) is 0 Å². The number of aliphatic hydroxyl groups is 1. The Morgan fingerprint density at radius 2 is 2.10 bits per heavy atom. The Kier molecular flexibility index (Phi) is 5.72. The Balaban J connectivity index is 2.56. The zero-order chi connectivity index (χ0) is 15.3. The number of rotatable bonds is 7. The first-order valence-electron chi connectivity index (χ1n) is 7.04. The summed E-state index contributed by atoms with van der Waals surface area (Å²) in [4.78, 5) is 11.1. The van der Waals surface area contributed by atoms with Crippen LogP contribution in [0.15, 0.2) is 18.2 Å². The highest BCUT2D eigenvalue weighted by Gasteiger charge is 2.21. The molecular formula is C16H26N2O2. The van der Waals surface area contributed by atoms with Crippen LogP contribution in [0, 0.1) is 12.8 Å². The molecule has 4 nitrogen and oxygen atoms in total. The van der Waals surface area contributed by atoms with Crippen LogP contribution in [0.3, 0.4) is 0 Å². The number of carbonyl (C=O) groups is 1. The van der Waals surface area contributed by atoms with Gasteiger partial charge in [-0.15, -0.1) is 0 Å². The van der Waals surface area contributed by atoms with Crippen LogP contribution in [0.1, 0.15) is 48.7 Å². The number of carbonyl (C=O) groups excluding carboxylic acids is 1. The number of hydrogen-bond donors (Lipinski definition) is 3. The zero-order valence-electron chi connectivity index (χ0n) is 12.9. The van der Waals surface area contributed by atoms with Crippen LogP contribution in [0.2, 0.25) is 0 Å². The molecule has 0 aliphatic rings. The SMILES string of the molecule is Cc1cc(C(N)=O)ccc1CNCC(C)(O)CC(C)C. The second-order valence-corrected chi connectivity index (χ2v) is 6.20. The van der Waals surface area contributed by atoms with Crippen molar-refractivity contribution < 1.29 is 9.90 Å². The number of aryl methyl sites for hydroxylation is 1. The Bertz CT molecular complexity index is 468. The molecule has 0 saturated heterocycles. The number of nitrogens with two attached hydrogens (primary N) is 1. The van der Waals surface area contributed by atoms with Crippen LogP contribution in [0.25, 0.3) is 0 Å². The Morgan fingerprint density at radius 3 is 2.60 bits per heavy atom. The van der Waals surface area contributed by atoms with Gasteiger partial charge in [-0.25, -0.2) is 0 Å². The largest absolute Gasteiger partial charge is 0.389 e. The molecule has 112 valence electrons. The maximum absolute atomic E-state index is 11.1. The molecule has 0 heterocycles. The number of hydrogen-bond acceptors (Lipinski definition) is 3. The molecule has 0 saturated carbocycles. The minimum absolute atomic E-state index is 0.410. The molecule has 0 aliphatic carbocycles. The second-order valence-electron chi connectivity index (χ2n) is 6.20. The van der Waals surface area contributed by atoms with Gasteiger partial charge in [0.15, 0.2) is 0 Å². The van der Waals surface area contributed by atoms with Crippen LogP contribution in [-0.2, 0) is 6.54 Å². The van der Waals surface area contributed by atoms with Gasteiger partial charge in [-0.05, 0) is 49.4 Å². The van der Waals surface area contributed by atoms with Crippen molar-refractivity contribution in [2.45, 2.75) is 46.3 Å². The van der Waals surface area contributed by atoms with Gasteiger partial charge in [0.05, 0.1) is 5.60 Å². The minimum atomic E-state index is -0.699. The molecule has 4 N–H and O–H groups in total. The van der Waals surface area contributed by atoms with Gasteiger partial charge in [-0.3, -0.25) is 4.79 Å². The van der Waals surface area contributed by atoms with Crippen LogP contribution < -0.4 is 11.1 Å². The average molecular weight is 278 g/mol. The van der Waals surface area contributed by atoms with Gasteiger partial charge in [-0.1, -0.05) is 19.9 Å². The highest BCUT2D eigenvalue weighted by molar-refractivity contribution is 5.93. The van der Waals surface area contributed by atoms with Crippen LogP contribution in [-0.4, -0.2) is 23.2 Å². The Morgan fingerprint density at radius 1 is 1.45 bits per heavy atom. The summed E-state index contributed by atoms with van der Waals surface area (Å²) in [6.07, 6.45) is 0.763. The first kappa shape index (κ1) is 16.7. The normalized spacial score (nSPS) is 14.3. The topological polar surface area (TPSA) is 75.4 Å². The first-order chi connectivity index (χ1) is 9.21. The summed E-state index contributed by atoms with van der Waals surface area (Å²) < 4.78 is 0. The summed E-state index contributed by atoms with van der Waals surface area (Å²) in [5.41, 5.74) is 7.21. The lowest BCUT2D eigenvalue weighted by molar-refractivity contribution is 0.0383. The van der Waals surface area contributed by atoms with Crippen molar-refractivity contribution in [1.82, 2.24) is 5.32 Å². The van der Waals surface area contributed by atoms with Gasteiger partial charge in [0.2, 0.25) is 5.91 Å². The van der Waals surface area contributed by atoms with E-state index in [0.717, 1.165) is 17.5 Å². The predicted molar refractivity (Wildman–Crippen MR) is 81.5 cm³/mol. The van der Waals surface area contributed by atoms with E-state index in [1.807, 2.05) is 19.9 Å². The summed E-state index contributed by atoms with van der Waals surface area (Å²) in [6, 6.07) is 5.43. The van der Waals surface area contributed by atoms with Gasteiger partial charge in [-0.2, -0.15) is 0 Å². The maximum atomic E-state index is 11.1. The molecule has 0 fully saturated rings. The molecule has 1 rings (SSSR count). The highest BCUT2D eigenvalue weighted by atomic mass is 16.3. The Labute approximate surface area is 121 Å². The minimum Gasteiger partial charge on any atom is -0.389 e. The predicted octanol–water partition coefficient (Wildman–Crippen LogP) is 1.98. The number of nitrogens with one attached hydrogen (secondary N) is 1. The van der Waals surface area contributed by atoms with E-state index in [2.05, 4.69) is 19.2 Å². The summed E-state index contributed by atoms with van der Waals surface area (Å²) in [5, 5.41) is 13.5. The molecule has 4 heteroatoms. The molecule has 1 aromatic rings. The molecule has 0 aliphatic heterocycles. The van der Waals surface area contributed by atoms with E-state index in [4.69, 9.17) is 5.73 Å². The van der Waals surface area contributed by atoms with E-state index in [1.54, 1.807) is 12.1 Å². The third kappa shape index (κ3) is 5.31. The van der Waals surface area contributed by atoms with Gasteiger partial charge in [0.1, 0.15) is 0 Å². The average Bonchev–Trinajstić information content (AvgIpc) is 2.29. The summed E-state index contributed by atoms with van der Waals surface area (Å²) in [5.74, 6) is 0.0517. The zero-order valence-corrected chi connectivity index (χ0v) is 12.9. The van der Waals surface area contributed by atoms with E-state index in [9.17, 15) is 9.90 Å². The summed E-state index contributed by atoms with van der Waals surface area (Å²) in [7, 11) is 0. The van der Waals surface area contributed by atoms with Crippen LogP contribution >= 0.6 is 0 Å².